The van der Waals surface area contributed by atoms with E-state index in [9.17, 15) is 22.8 Å². The summed E-state index contributed by atoms with van der Waals surface area (Å²) in [7, 11) is -3.64. The zero-order valence-electron chi connectivity index (χ0n) is 18.9. The molecule has 0 spiro atoms. The highest BCUT2D eigenvalue weighted by atomic mass is 32.2. The number of nitrogens with one attached hydrogen (secondary N) is 2. The van der Waals surface area contributed by atoms with Crippen molar-refractivity contribution in [1.29, 1.82) is 0 Å². The Kier molecular flexibility index (Phi) is 8.42. The predicted octanol–water partition coefficient (Wildman–Crippen LogP) is 1.24. The number of ether oxygens (including phenoxy) is 2. The van der Waals surface area contributed by atoms with Crippen molar-refractivity contribution in [3.63, 3.8) is 0 Å². The van der Waals surface area contributed by atoms with Gasteiger partial charge in [-0.05, 0) is 42.3 Å². The van der Waals surface area contributed by atoms with Gasteiger partial charge in [-0.25, -0.2) is 13.2 Å². The Morgan fingerprint density at radius 3 is 2.35 bits per heavy atom. The molecule has 11 nitrogen and oxygen atoms in total. The van der Waals surface area contributed by atoms with Crippen LogP contribution in [0.1, 0.15) is 24.4 Å². The molecule has 2 aromatic rings. The van der Waals surface area contributed by atoms with Gasteiger partial charge in [-0.1, -0.05) is 13.8 Å². The molecule has 12 heteroatoms. The van der Waals surface area contributed by atoms with E-state index in [-0.39, 0.29) is 29.7 Å². The van der Waals surface area contributed by atoms with Crippen molar-refractivity contribution in [3.05, 3.63) is 48.4 Å². The molecular weight excluding hydrogens is 466 g/mol. The predicted molar refractivity (Wildman–Crippen MR) is 120 cm³/mol. The van der Waals surface area contributed by atoms with Crippen LogP contribution < -0.4 is 10.6 Å². The highest BCUT2D eigenvalue weighted by Crippen LogP contribution is 2.19. The van der Waals surface area contributed by atoms with Crippen LogP contribution in [0.5, 0.6) is 0 Å². The molecule has 0 unspecified atom stereocenters. The van der Waals surface area contributed by atoms with E-state index in [2.05, 4.69) is 10.6 Å². The first-order chi connectivity index (χ1) is 16.2. The molecule has 1 aromatic carbocycles. The minimum Gasteiger partial charge on any atom is -0.459 e. The Bertz CT molecular complexity index is 1090. The third-order valence-corrected chi connectivity index (χ3v) is 6.96. The fourth-order valence-corrected chi connectivity index (χ4v) is 4.60. The average molecular weight is 494 g/mol. The molecule has 0 radical (unpaired) electrons. The quantitative estimate of drug-likeness (QED) is 0.497. The first-order valence-electron chi connectivity index (χ1n) is 10.7. The SMILES string of the molecule is CC(C)[C@@H](NC(=O)c1ccco1)C(=O)OCC(=O)Nc1ccc(S(=O)(=O)N2CCOCC2)cc1. The lowest BCUT2D eigenvalue weighted by Gasteiger charge is -2.26. The van der Waals surface area contributed by atoms with Crippen molar-refractivity contribution in [1.82, 2.24) is 9.62 Å². The van der Waals surface area contributed by atoms with Gasteiger partial charge in [0.1, 0.15) is 6.04 Å². The number of amides is 2. The Morgan fingerprint density at radius 1 is 1.09 bits per heavy atom. The van der Waals surface area contributed by atoms with Crippen LogP contribution in [-0.4, -0.2) is 69.5 Å². The van der Waals surface area contributed by atoms with Gasteiger partial charge >= 0.3 is 5.97 Å². The summed E-state index contributed by atoms with van der Waals surface area (Å²) in [4.78, 5) is 36.9. The van der Waals surface area contributed by atoms with Crippen LogP contribution in [0.4, 0.5) is 5.69 Å². The number of hydrogen-bond donors (Lipinski definition) is 2. The number of hydrogen-bond acceptors (Lipinski definition) is 8. The first-order valence-corrected chi connectivity index (χ1v) is 12.1. The molecule has 2 amide bonds. The maximum absolute atomic E-state index is 12.7. The number of esters is 1. The summed E-state index contributed by atoms with van der Waals surface area (Å²) in [6, 6.07) is 7.72. The minimum absolute atomic E-state index is 0.0512. The van der Waals surface area contributed by atoms with E-state index in [4.69, 9.17) is 13.9 Å². The summed E-state index contributed by atoms with van der Waals surface area (Å²) in [5.41, 5.74) is 0.341. The van der Waals surface area contributed by atoms with Gasteiger partial charge in [-0.3, -0.25) is 9.59 Å². The molecule has 1 fully saturated rings. The van der Waals surface area contributed by atoms with Crippen LogP contribution in [-0.2, 0) is 29.1 Å². The van der Waals surface area contributed by atoms with Gasteiger partial charge < -0.3 is 24.5 Å². The second-order valence-electron chi connectivity index (χ2n) is 7.87. The fraction of sp³-hybridized carbons (Fsp3) is 0.409. The number of carbonyl (C=O) groups is 3. The van der Waals surface area contributed by atoms with Crippen LogP contribution in [0.3, 0.4) is 0 Å². The second kappa shape index (κ2) is 11.3. The summed E-state index contributed by atoms with van der Waals surface area (Å²) in [5.74, 6) is -2.20. The lowest BCUT2D eigenvalue weighted by atomic mass is 10.0. The molecule has 0 saturated carbocycles. The van der Waals surface area contributed by atoms with E-state index in [1.54, 1.807) is 19.9 Å². The van der Waals surface area contributed by atoms with E-state index < -0.39 is 40.5 Å². The third kappa shape index (κ3) is 6.43. The first kappa shape index (κ1) is 25.4. The van der Waals surface area contributed by atoms with Gasteiger partial charge in [-0.15, -0.1) is 0 Å². The molecule has 2 heterocycles. The number of sulfonamides is 1. The summed E-state index contributed by atoms with van der Waals surface area (Å²) >= 11 is 0. The number of morpholine rings is 1. The van der Waals surface area contributed by atoms with Crippen molar-refractivity contribution < 1.29 is 36.7 Å². The van der Waals surface area contributed by atoms with Crippen LogP contribution in [0.25, 0.3) is 0 Å². The molecule has 0 aliphatic carbocycles. The van der Waals surface area contributed by atoms with Crippen molar-refractivity contribution in [3.8, 4) is 0 Å². The maximum atomic E-state index is 12.7. The number of furan rings is 1. The topological polar surface area (TPSA) is 144 Å². The lowest BCUT2D eigenvalue weighted by molar-refractivity contribution is -0.150. The van der Waals surface area contributed by atoms with E-state index >= 15 is 0 Å². The second-order valence-corrected chi connectivity index (χ2v) is 9.81. The largest absolute Gasteiger partial charge is 0.459 e. The highest BCUT2D eigenvalue weighted by Gasteiger charge is 2.28. The summed E-state index contributed by atoms with van der Waals surface area (Å²) < 4.78 is 41.9. The van der Waals surface area contributed by atoms with Gasteiger partial charge in [0.2, 0.25) is 10.0 Å². The molecule has 1 aliphatic rings. The van der Waals surface area contributed by atoms with E-state index in [1.165, 1.54) is 40.9 Å². The van der Waals surface area contributed by atoms with Crippen molar-refractivity contribution in [2.45, 2.75) is 24.8 Å². The van der Waals surface area contributed by atoms with Gasteiger partial charge in [0.15, 0.2) is 12.4 Å². The van der Waals surface area contributed by atoms with Gasteiger partial charge in [0.25, 0.3) is 11.8 Å². The van der Waals surface area contributed by atoms with Gasteiger partial charge in [-0.2, -0.15) is 4.31 Å². The normalized spacial score (nSPS) is 15.5. The molecule has 2 N–H and O–H groups in total. The summed E-state index contributed by atoms with van der Waals surface area (Å²) in [6.45, 7) is 4.12. The monoisotopic (exact) mass is 493 g/mol. The molecule has 1 aromatic heterocycles. The number of rotatable bonds is 9. The average Bonchev–Trinajstić information content (AvgIpc) is 3.37. The van der Waals surface area contributed by atoms with Crippen LogP contribution in [0.15, 0.2) is 52.0 Å². The van der Waals surface area contributed by atoms with Crippen molar-refractivity contribution >= 4 is 33.5 Å². The van der Waals surface area contributed by atoms with Crippen molar-refractivity contribution in [2.75, 3.05) is 38.2 Å². The zero-order chi connectivity index (χ0) is 24.7. The molecule has 1 saturated heterocycles. The molecular formula is C22H27N3O8S. The summed E-state index contributed by atoms with van der Waals surface area (Å²) in [6.07, 6.45) is 1.34. The van der Waals surface area contributed by atoms with Crippen molar-refractivity contribution in [2.24, 2.45) is 5.92 Å². The van der Waals surface area contributed by atoms with E-state index in [1.807, 2.05) is 0 Å². The standard InChI is InChI=1S/C22H27N3O8S/c1-15(2)20(24-21(27)18-4-3-11-32-18)22(28)33-14-19(26)23-16-5-7-17(8-6-16)34(29,30)25-9-12-31-13-10-25/h3-8,11,15,20H,9-10,12-14H2,1-2H3,(H,23,26)(H,24,27)/t20-/m1/s1. The maximum Gasteiger partial charge on any atom is 0.329 e. The number of nitrogens with zero attached hydrogens (tertiary/aromatic N) is 1. The summed E-state index contributed by atoms with van der Waals surface area (Å²) in [5, 5.41) is 5.07. The Balaban J connectivity index is 1.52. The third-order valence-electron chi connectivity index (χ3n) is 5.04. The van der Waals surface area contributed by atoms with Gasteiger partial charge in [0, 0.05) is 18.8 Å². The smallest absolute Gasteiger partial charge is 0.329 e. The molecule has 34 heavy (non-hydrogen) atoms. The number of carbonyl (C=O) groups excluding carboxylic acids is 3. The lowest BCUT2D eigenvalue weighted by Crippen LogP contribution is -2.45. The molecule has 1 aliphatic heterocycles. The number of benzene rings is 1. The fourth-order valence-electron chi connectivity index (χ4n) is 3.19. The zero-order valence-corrected chi connectivity index (χ0v) is 19.7. The Hall–Kier alpha value is -3.22. The van der Waals surface area contributed by atoms with E-state index in [0.717, 1.165) is 0 Å². The molecule has 0 bridgehead atoms. The molecule has 1 atom stereocenters. The molecule has 3 rings (SSSR count). The van der Waals surface area contributed by atoms with E-state index in [0.29, 0.717) is 18.9 Å². The van der Waals surface area contributed by atoms with Crippen LogP contribution in [0, 0.1) is 5.92 Å². The van der Waals surface area contributed by atoms with Crippen LogP contribution >= 0.6 is 0 Å². The highest BCUT2D eigenvalue weighted by molar-refractivity contribution is 7.89. The van der Waals surface area contributed by atoms with Crippen LogP contribution in [0.2, 0.25) is 0 Å². The van der Waals surface area contributed by atoms with Gasteiger partial charge in [0.05, 0.1) is 24.4 Å². The number of anilines is 1. The minimum atomic E-state index is -3.64. The Labute approximate surface area is 197 Å². The molecule has 184 valence electrons. The Morgan fingerprint density at radius 2 is 1.76 bits per heavy atom.